The van der Waals surface area contributed by atoms with Gasteiger partial charge in [-0.3, -0.25) is 0 Å². The van der Waals surface area contributed by atoms with Crippen LogP contribution in [0.15, 0.2) is 42.5 Å². The van der Waals surface area contributed by atoms with E-state index in [0.29, 0.717) is 17.9 Å². The van der Waals surface area contributed by atoms with Crippen molar-refractivity contribution in [3.8, 4) is 11.1 Å². The third-order valence-electron chi connectivity index (χ3n) is 5.27. The molecule has 5 nitrogen and oxygen atoms in total. The molecule has 0 saturated heterocycles. The summed E-state index contributed by atoms with van der Waals surface area (Å²) in [5.41, 5.74) is 3.36. The van der Waals surface area contributed by atoms with Crippen LogP contribution >= 0.6 is 11.6 Å². The quantitative estimate of drug-likeness (QED) is 0.543. The minimum Gasteiger partial charge on any atom is -0.351 e. The van der Waals surface area contributed by atoms with Crippen LogP contribution in [0.3, 0.4) is 0 Å². The fraction of sp³-hybridized carbons (Fsp3) is 0.409. The third-order valence-corrected chi connectivity index (χ3v) is 5.44. The summed E-state index contributed by atoms with van der Waals surface area (Å²) in [6.45, 7) is 0. The van der Waals surface area contributed by atoms with Gasteiger partial charge in [-0.15, -0.1) is 0 Å². The van der Waals surface area contributed by atoms with E-state index in [1.807, 2.05) is 30.3 Å². The number of hydrogen-bond acceptors (Lipinski definition) is 5. The molecule has 3 aliphatic carbocycles. The molecule has 6 heteroatoms. The predicted molar refractivity (Wildman–Crippen MR) is 116 cm³/mol. The molecule has 1 fully saturated rings. The summed E-state index contributed by atoms with van der Waals surface area (Å²) in [6, 6.07) is 14.6. The highest BCUT2D eigenvalue weighted by Gasteiger charge is 2.22. The SMILES string of the molecule is Clc1nc(Nc2c3cccccccc2-3)nc(NC2CCCCCCCC2)n1. The summed E-state index contributed by atoms with van der Waals surface area (Å²) in [4.78, 5) is 13.1. The molecule has 1 heterocycles. The number of fused-ring (bicyclic) bond motifs is 1. The van der Waals surface area contributed by atoms with Gasteiger partial charge in [-0.05, 0) is 24.4 Å². The Balaban J connectivity index is 1.49. The number of hydrogen-bond donors (Lipinski definition) is 2. The fourth-order valence-electron chi connectivity index (χ4n) is 3.74. The smallest absolute Gasteiger partial charge is 0.233 e. The normalized spacial score (nSPS) is 16.2. The molecule has 0 bridgehead atoms. The molecule has 0 amide bonds. The van der Waals surface area contributed by atoms with Crippen molar-refractivity contribution in [1.29, 1.82) is 0 Å². The Bertz CT molecular complexity index is 844. The molecule has 4 rings (SSSR count). The summed E-state index contributed by atoms with van der Waals surface area (Å²) in [7, 11) is 0. The molecule has 28 heavy (non-hydrogen) atoms. The first kappa shape index (κ1) is 18.9. The van der Waals surface area contributed by atoms with Crippen molar-refractivity contribution in [3.05, 3.63) is 47.7 Å². The highest BCUT2D eigenvalue weighted by atomic mass is 35.5. The minimum atomic E-state index is 0.205. The summed E-state index contributed by atoms with van der Waals surface area (Å²) >= 11 is 6.18. The molecule has 0 atom stereocenters. The number of rotatable bonds is 4. The monoisotopic (exact) mass is 395 g/mol. The molecule has 2 N–H and O–H groups in total. The Morgan fingerprint density at radius 1 is 0.714 bits per heavy atom. The van der Waals surface area contributed by atoms with Crippen LogP contribution < -0.4 is 10.6 Å². The van der Waals surface area contributed by atoms with Gasteiger partial charge >= 0.3 is 0 Å². The zero-order valence-electron chi connectivity index (χ0n) is 16.0. The van der Waals surface area contributed by atoms with Crippen LogP contribution in [0.1, 0.15) is 51.4 Å². The molecule has 0 unspecified atom stereocenters. The highest BCUT2D eigenvalue weighted by molar-refractivity contribution is 6.28. The Hall–Kier alpha value is -2.40. The maximum atomic E-state index is 6.18. The van der Waals surface area contributed by atoms with Crippen LogP contribution in [0.2, 0.25) is 5.28 Å². The molecule has 0 spiro atoms. The molecule has 1 aromatic rings. The van der Waals surface area contributed by atoms with Gasteiger partial charge in [0.1, 0.15) is 0 Å². The van der Waals surface area contributed by atoms with E-state index < -0.39 is 0 Å². The van der Waals surface area contributed by atoms with Crippen LogP contribution in [0.5, 0.6) is 0 Å². The Labute approximate surface area is 171 Å². The van der Waals surface area contributed by atoms with E-state index in [1.165, 1.54) is 49.7 Å². The van der Waals surface area contributed by atoms with Gasteiger partial charge in [-0.1, -0.05) is 81.0 Å². The van der Waals surface area contributed by atoms with Gasteiger partial charge in [0, 0.05) is 17.2 Å². The van der Waals surface area contributed by atoms with Crippen LogP contribution in [0.4, 0.5) is 17.6 Å². The van der Waals surface area contributed by atoms with Crippen molar-refractivity contribution >= 4 is 29.2 Å². The molecule has 0 aromatic carbocycles. The molecule has 3 aliphatic rings. The first-order valence-electron chi connectivity index (χ1n) is 10.2. The van der Waals surface area contributed by atoms with Gasteiger partial charge in [-0.25, -0.2) is 0 Å². The average Bonchev–Trinajstić information content (AvgIpc) is 3.25. The van der Waals surface area contributed by atoms with Gasteiger partial charge < -0.3 is 10.6 Å². The highest BCUT2D eigenvalue weighted by Crippen LogP contribution is 2.47. The van der Waals surface area contributed by atoms with E-state index in [4.69, 9.17) is 11.6 Å². The topological polar surface area (TPSA) is 62.7 Å². The second-order valence-corrected chi connectivity index (χ2v) is 7.75. The molecular formula is C22H26ClN5. The number of anilines is 3. The predicted octanol–water partition coefficient (Wildman–Crippen LogP) is 6.29. The van der Waals surface area contributed by atoms with E-state index in [2.05, 4.69) is 37.7 Å². The Kier molecular flexibility index (Phi) is 6.22. The summed E-state index contributed by atoms with van der Waals surface area (Å²) in [5, 5.41) is 7.00. The van der Waals surface area contributed by atoms with Gasteiger partial charge in [0.25, 0.3) is 0 Å². The van der Waals surface area contributed by atoms with E-state index in [-0.39, 0.29) is 5.28 Å². The van der Waals surface area contributed by atoms with Crippen LogP contribution in [-0.4, -0.2) is 21.0 Å². The second kappa shape index (κ2) is 9.20. The van der Waals surface area contributed by atoms with Crippen molar-refractivity contribution in [1.82, 2.24) is 15.0 Å². The lowest BCUT2D eigenvalue weighted by Crippen LogP contribution is -2.21. The maximum Gasteiger partial charge on any atom is 0.233 e. The lowest BCUT2D eigenvalue weighted by atomic mass is 10.1. The number of aromatic nitrogens is 3. The summed E-state index contributed by atoms with van der Waals surface area (Å²) in [5.74, 6) is 1.03. The van der Waals surface area contributed by atoms with Crippen molar-refractivity contribution in [2.24, 2.45) is 0 Å². The largest absolute Gasteiger partial charge is 0.351 e. The Morgan fingerprint density at radius 3 is 1.96 bits per heavy atom. The zero-order chi connectivity index (χ0) is 19.2. The number of halogens is 1. The van der Waals surface area contributed by atoms with Gasteiger partial charge in [0.15, 0.2) is 0 Å². The molecule has 146 valence electrons. The molecule has 1 aromatic heterocycles. The van der Waals surface area contributed by atoms with Gasteiger partial charge in [0.2, 0.25) is 17.2 Å². The molecule has 0 aliphatic heterocycles. The first-order chi connectivity index (χ1) is 13.8. The van der Waals surface area contributed by atoms with E-state index in [0.717, 1.165) is 18.5 Å². The standard InChI is InChI=1S/C22H26ClN5/c23-20-26-21(24-16-12-8-4-1-2-5-9-13-16)28-22(27-20)25-19-17-14-10-6-3-7-11-15-18(17)19/h3,6-7,10-11,14-16H,1-2,4-5,8-9,12-13H2,(H2,24,25,26,27,28). The third kappa shape index (κ3) is 5.10. The second-order valence-electron chi connectivity index (χ2n) is 7.41. The molecular weight excluding hydrogens is 370 g/mol. The first-order valence-corrected chi connectivity index (χ1v) is 10.6. The van der Waals surface area contributed by atoms with E-state index in [1.54, 1.807) is 0 Å². The maximum absolute atomic E-state index is 6.18. The molecule has 1 saturated carbocycles. The zero-order valence-corrected chi connectivity index (χ0v) is 16.8. The van der Waals surface area contributed by atoms with E-state index >= 15 is 0 Å². The van der Waals surface area contributed by atoms with Crippen molar-refractivity contribution in [2.45, 2.75) is 57.4 Å². The lowest BCUT2D eigenvalue weighted by molar-refractivity contribution is 0.559. The van der Waals surface area contributed by atoms with E-state index in [9.17, 15) is 0 Å². The Morgan fingerprint density at radius 2 is 1.29 bits per heavy atom. The summed E-state index contributed by atoms with van der Waals surface area (Å²) < 4.78 is 0. The summed E-state index contributed by atoms with van der Waals surface area (Å²) in [6.07, 6.45) is 10.1. The van der Waals surface area contributed by atoms with Crippen LogP contribution in [-0.2, 0) is 0 Å². The van der Waals surface area contributed by atoms with Gasteiger partial charge in [0.05, 0.1) is 5.69 Å². The van der Waals surface area contributed by atoms with Crippen molar-refractivity contribution in [3.63, 3.8) is 0 Å². The lowest BCUT2D eigenvalue weighted by Gasteiger charge is -2.18. The number of nitrogens with zero attached hydrogens (tertiary/aromatic N) is 3. The van der Waals surface area contributed by atoms with Gasteiger partial charge in [-0.2, -0.15) is 15.0 Å². The van der Waals surface area contributed by atoms with Crippen molar-refractivity contribution in [2.75, 3.05) is 10.6 Å². The van der Waals surface area contributed by atoms with Crippen LogP contribution in [0.25, 0.3) is 11.1 Å². The minimum absolute atomic E-state index is 0.205. The van der Waals surface area contributed by atoms with Crippen LogP contribution in [0, 0.1) is 0 Å². The van der Waals surface area contributed by atoms with Crippen molar-refractivity contribution < 1.29 is 0 Å². The average molecular weight is 396 g/mol. The molecule has 0 radical (unpaired) electrons. The fourth-order valence-corrected chi connectivity index (χ4v) is 3.90. The number of nitrogens with one attached hydrogen (secondary N) is 2.